The van der Waals surface area contributed by atoms with E-state index in [2.05, 4.69) is 5.32 Å². The molecule has 0 saturated carbocycles. The predicted molar refractivity (Wildman–Crippen MR) is 67.9 cm³/mol. The fraction of sp³-hybridized carbons (Fsp3) is 0.364. The molecule has 1 aromatic carbocycles. The molecule has 5 nitrogen and oxygen atoms in total. The first-order valence-corrected chi connectivity index (χ1v) is 5.28. The number of carbonyl (C=O) groups excluding carboxylic acids is 1. The van der Waals surface area contributed by atoms with Crippen molar-refractivity contribution in [3.05, 3.63) is 23.8 Å². The van der Waals surface area contributed by atoms with Crippen molar-refractivity contribution >= 4 is 24.2 Å². The topological polar surface area (TPSA) is 95.6 Å². The molecule has 0 unspecified atom stereocenters. The number of amides is 1. The van der Waals surface area contributed by atoms with Gasteiger partial charge in [0.15, 0.2) is 0 Å². The molecule has 0 aliphatic rings. The van der Waals surface area contributed by atoms with Gasteiger partial charge in [0.25, 0.3) is 5.91 Å². The fourth-order valence-electron chi connectivity index (χ4n) is 1.37. The number of nitrogens with two attached hydrogens (primary N) is 1. The quantitative estimate of drug-likeness (QED) is 0.410. The van der Waals surface area contributed by atoms with Crippen molar-refractivity contribution < 1.29 is 14.8 Å². The van der Waals surface area contributed by atoms with Gasteiger partial charge < -0.3 is 21.1 Å². The Labute approximate surface area is 101 Å². The van der Waals surface area contributed by atoms with E-state index in [0.29, 0.717) is 11.3 Å². The highest BCUT2D eigenvalue weighted by Gasteiger charge is 2.18. The van der Waals surface area contributed by atoms with Crippen molar-refractivity contribution in [2.24, 2.45) is 0 Å². The molecule has 0 heterocycles. The molecule has 5 N–H and O–H groups in total. The van der Waals surface area contributed by atoms with Gasteiger partial charge in [-0.25, -0.2) is 0 Å². The molecule has 0 bridgehead atoms. The summed E-state index contributed by atoms with van der Waals surface area (Å²) in [6, 6.07) is 4.31. The zero-order valence-corrected chi connectivity index (χ0v) is 10.2. The molecule has 0 spiro atoms. The van der Waals surface area contributed by atoms with E-state index < -0.39 is 7.12 Å². The van der Waals surface area contributed by atoms with Crippen molar-refractivity contribution in [3.8, 4) is 0 Å². The highest BCUT2D eigenvalue weighted by atomic mass is 16.4. The van der Waals surface area contributed by atoms with Crippen molar-refractivity contribution in [1.29, 1.82) is 0 Å². The van der Waals surface area contributed by atoms with Gasteiger partial charge in [-0.15, -0.1) is 0 Å². The second-order valence-electron chi connectivity index (χ2n) is 4.97. The van der Waals surface area contributed by atoms with Gasteiger partial charge in [0, 0.05) is 16.8 Å². The monoisotopic (exact) mass is 236 g/mol. The molecular weight excluding hydrogens is 219 g/mol. The summed E-state index contributed by atoms with van der Waals surface area (Å²) in [6.07, 6.45) is 0. The van der Waals surface area contributed by atoms with E-state index in [1.807, 2.05) is 20.8 Å². The molecule has 17 heavy (non-hydrogen) atoms. The zero-order valence-electron chi connectivity index (χ0n) is 10.2. The van der Waals surface area contributed by atoms with Gasteiger partial charge in [-0.05, 0) is 44.4 Å². The Kier molecular flexibility index (Phi) is 3.80. The Morgan fingerprint density at radius 2 is 1.88 bits per heavy atom. The molecule has 1 rings (SSSR count). The SMILES string of the molecule is CC(C)(C)NC(=O)c1cc(N)cc(B(O)O)c1. The average molecular weight is 236 g/mol. The highest BCUT2D eigenvalue weighted by molar-refractivity contribution is 6.58. The van der Waals surface area contributed by atoms with Gasteiger partial charge in [-0.3, -0.25) is 4.79 Å². The number of hydrogen-bond donors (Lipinski definition) is 4. The van der Waals surface area contributed by atoms with Crippen LogP contribution in [0.1, 0.15) is 31.1 Å². The highest BCUT2D eigenvalue weighted by Crippen LogP contribution is 2.08. The van der Waals surface area contributed by atoms with E-state index in [9.17, 15) is 4.79 Å². The van der Waals surface area contributed by atoms with Crippen molar-refractivity contribution in [3.63, 3.8) is 0 Å². The van der Waals surface area contributed by atoms with Crippen LogP contribution in [0.15, 0.2) is 18.2 Å². The molecule has 6 heteroatoms. The molecule has 0 aromatic heterocycles. The van der Waals surface area contributed by atoms with E-state index >= 15 is 0 Å². The molecule has 1 amide bonds. The summed E-state index contributed by atoms with van der Waals surface area (Å²) in [7, 11) is -1.64. The molecule has 0 radical (unpaired) electrons. The smallest absolute Gasteiger partial charge is 0.423 e. The van der Waals surface area contributed by atoms with Crippen molar-refractivity contribution in [2.45, 2.75) is 26.3 Å². The molecule has 0 fully saturated rings. The maximum Gasteiger partial charge on any atom is 0.488 e. The second kappa shape index (κ2) is 4.77. The molecule has 92 valence electrons. The van der Waals surface area contributed by atoms with Crippen LogP contribution in [-0.4, -0.2) is 28.6 Å². The van der Waals surface area contributed by atoms with Gasteiger partial charge in [-0.2, -0.15) is 0 Å². The van der Waals surface area contributed by atoms with Crippen LogP contribution in [0.4, 0.5) is 5.69 Å². The molecular formula is C11H17BN2O3. The largest absolute Gasteiger partial charge is 0.488 e. The summed E-state index contributed by atoms with van der Waals surface area (Å²) >= 11 is 0. The van der Waals surface area contributed by atoms with Crippen LogP contribution < -0.4 is 16.5 Å². The zero-order chi connectivity index (χ0) is 13.2. The summed E-state index contributed by atoms with van der Waals surface area (Å²) in [6.45, 7) is 5.58. The number of rotatable bonds is 2. The number of hydrogen-bond acceptors (Lipinski definition) is 4. The third-order valence-electron chi connectivity index (χ3n) is 2.03. The van der Waals surface area contributed by atoms with E-state index in [4.69, 9.17) is 15.8 Å². The lowest BCUT2D eigenvalue weighted by Crippen LogP contribution is -2.41. The second-order valence-corrected chi connectivity index (χ2v) is 4.97. The average Bonchev–Trinajstić information content (AvgIpc) is 2.13. The van der Waals surface area contributed by atoms with Gasteiger partial charge >= 0.3 is 7.12 Å². The van der Waals surface area contributed by atoms with Crippen LogP contribution >= 0.6 is 0 Å². The number of nitrogen functional groups attached to an aromatic ring is 1. The van der Waals surface area contributed by atoms with Gasteiger partial charge in [-0.1, -0.05) is 0 Å². The molecule has 0 atom stereocenters. The summed E-state index contributed by atoms with van der Waals surface area (Å²) in [5.41, 5.74) is 6.06. The maximum absolute atomic E-state index is 11.9. The Hall–Kier alpha value is -1.53. The Morgan fingerprint density at radius 1 is 1.29 bits per heavy atom. The first-order valence-electron chi connectivity index (χ1n) is 5.28. The van der Waals surface area contributed by atoms with Crippen LogP contribution in [0.5, 0.6) is 0 Å². The normalized spacial score (nSPS) is 11.1. The molecule has 0 saturated heterocycles. The number of nitrogens with one attached hydrogen (secondary N) is 1. The first kappa shape index (κ1) is 13.5. The van der Waals surface area contributed by atoms with E-state index in [0.717, 1.165) is 0 Å². The summed E-state index contributed by atoms with van der Waals surface area (Å²) in [5, 5.41) is 20.9. The minimum Gasteiger partial charge on any atom is -0.423 e. The van der Waals surface area contributed by atoms with Crippen molar-refractivity contribution in [2.75, 3.05) is 5.73 Å². The van der Waals surface area contributed by atoms with E-state index in [1.54, 1.807) is 0 Å². The van der Waals surface area contributed by atoms with Crippen LogP contribution in [0.25, 0.3) is 0 Å². The van der Waals surface area contributed by atoms with Crippen LogP contribution in [0, 0.1) is 0 Å². The first-order chi connectivity index (χ1) is 7.69. The minimum absolute atomic E-state index is 0.198. The third kappa shape index (κ3) is 4.09. The van der Waals surface area contributed by atoms with Crippen LogP contribution in [0.2, 0.25) is 0 Å². The summed E-state index contributed by atoms with van der Waals surface area (Å²) in [5.74, 6) is -0.299. The Balaban J connectivity index is 3.02. The lowest BCUT2D eigenvalue weighted by Gasteiger charge is -2.20. The standard InChI is InChI=1S/C11H17BN2O3/c1-11(2,3)14-10(15)7-4-8(12(16)17)6-9(13)5-7/h4-6,16-17H,13H2,1-3H3,(H,14,15). The van der Waals surface area contributed by atoms with Gasteiger partial charge in [0.05, 0.1) is 0 Å². The maximum atomic E-state index is 11.9. The molecule has 1 aromatic rings. The predicted octanol–water partition coefficient (Wildman–Crippen LogP) is -0.523. The Morgan fingerprint density at radius 3 is 2.35 bits per heavy atom. The lowest BCUT2D eigenvalue weighted by atomic mass is 9.79. The number of benzene rings is 1. The number of anilines is 1. The lowest BCUT2D eigenvalue weighted by molar-refractivity contribution is 0.0919. The van der Waals surface area contributed by atoms with Crippen LogP contribution in [0.3, 0.4) is 0 Å². The summed E-state index contributed by atoms with van der Waals surface area (Å²) < 4.78 is 0. The van der Waals surface area contributed by atoms with E-state index in [1.165, 1.54) is 18.2 Å². The molecule has 0 aliphatic heterocycles. The number of carbonyl (C=O) groups is 1. The summed E-state index contributed by atoms with van der Waals surface area (Å²) in [4.78, 5) is 11.9. The minimum atomic E-state index is -1.64. The van der Waals surface area contributed by atoms with E-state index in [-0.39, 0.29) is 16.9 Å². The van der Waals surface area contributed by atoms with Gasteiger partial charge in [0.2, 0.25) is 0 Å². The third-order valence-corrected chi connectivity index (χ3v) is 2.03. The fourth-order valence-corrected chi connectivity index (χ4v) is 1.37. The molecule has 0 aliphatic carbocycles. The van der Waals surface area contributed by atoms with Crippen molar-refractivity contribution in [1.82, 2.24) is 5.32 Å². The van der Waals surface area contributed by atoms with Gasteiger partial charge in [0.1, 0.15) is 0 Å². The Bertz CT molecular complexity index is 427. The van der Waals surface area contributed by atoms with Crippen LogP contribution in [-0.2, 0) is 0 Å².